The molecular weight excluding hydrogens is 294 g/mol. The van der Waals surface area contributed by atoms with Gasteiger partial charge in [-0.15, -0.1) is 11.3 Å². The summed E-state index contributed by atoms with van der Waals surface area (Å²) in [5.41, 5.74) is 11.4. The van der Waals surface area contributed by atoms with Crippen LogP contribution in [0.25, 0.3) is 0 Å². The zero-order chi connectivity index (χ0) is 15.6. The Hall–Kier alpha value is -1.80. The second-order valence-corrected chi connectivity index (χ2v) is 5.85. The number of carbonyl (C=O) groups is 2. The number of nitrogen functional groups attached to an aromatic ring is 1. The summed E-state index contributed by atoms with van der Waals surface area (Å²) in [6.45, 7) is 2.98. The fourth-order valence-electron chi connectivity index (χ4n) is 2.38. The van der Waals surface area contributed by atoms with E-state index >= 15 is 0 Å². The summed E-state index contributed by atoms with van der Waals surface area (Å²) >= 11 is 1.07. The molecule has 0 spiro atoms. The topological polar surface area (TPSA) is 119 Å². The van der Waals surface area contributed by atoms with Gasteiger partial charge in [-0.1, -0.05) is 0 Å². The summed E-state index contributed by atoms with van der Waals surface area (Å²) in [5.74, 6) is -1.25. The number of primary amides is 1. The normalized spacial score (nSPS) is 18.6. The molecule has 5 N–H and O–H groups in total. The largest absolute Gasteiger partial charge is 0.462 e. The zero-order valence-corrected chi connectivity index (χ0v) is 12.6. The maximum atomic E-state index is 12.1. The van der Waals surface area contributed by atoms with Gasteiger partial charge >= 0.3 is 5.97 Å². The van der Waals surface area contributed by atoms with Crippen molar-refractivity contribution in [1.82, 2.24) is 0 Å². The molecule has 1 aromatic rings. The molecule has 1 fully saturated rings. The van der Waals surface area contributed by atoms with Crippen LogP contribution in [-0.2, 0) is 4.74 Å². The Morgan fingerprint density at radius 2 is 2.24 bits per heavy atom. The molecule has 1 unspecified atom stereocenters. The Balaban J connectivity index is 2.45. The van der Waals surface area contributed by atoms with Crippen molar-refractivity contribution in [3.05, 3.63) is 10.4 Å². The number of amides is 1. The number of piperidine rings is 1. The first kappa shape index (κ1) is 15.6. The number of nitrogens with zero attached hydrogens (tertiary/aromatic N) is 1. The van der Waals surface area contributed by atoms with E-state index in [1.165, 1.54) is 0 Å². The van der Waals surface area contributed by atoms with Crippen LogP contribution in [0.15, 0.2) is 0 Å². The van der Waals surface area contributed by atoms with Crippen LogP contribution >= 0.6 is 11.3 Å². The zero-order valence-electron chi connectivity index (χ0n) is 11.8. The number of hydrogen-bond acceptors (Lipinski definition) is 7. The minimum atomic E-state index is -0.674. The first-order valence-electron chi connectivity index (χ1n) is 6.77. The predicted molar refractivity (Wildman–Crippen MR) is 80.7 cm³/mol. The van der Waals surface area contributed by atoms with Crippen LogP contribution in [0.1, 0.15) is 39.8 Å². The maximum Gasteiger partial charge on any atom is 0.343 e. The lowest BCUT2D eigenvalue weighted by Crippen LogP contribution is -2.38. The van der Waals surface area contributed by atoms with Crippen molar-refractivity contribution >= 4 is 33.9 Å². The summed E-state index contributed by atoms with van der Waals surface area (Å²) in [7, 11) is 0. The number of β-amino-alcohol motifs (C(OH)–C–C–N with tert-alkyl or cyclic N) is 1. The number of hydrogen-bond donors (Lipinski definition) is 3. The third-order valence-electron chi connectivity index (χ3n) is 3.31. The molecule has 2 rings (SSSR count). The van der Waals surface area contributed by atoms with E-state index in [1.54, 1.807) is 6.92 Å². The van der Waals surface area contributed by atoms with E-state index in [9.17, 15) is 14.7 Å². The van der Waals surface area contributed by atoms with Crippen LogP contribution in [0.3, 0.4) is 0 Å². The standard InChI is InChI=1S/C13H19N3O4S/c1-2-20-13(19)8-9(14)10(11(15)18)21-12(8)16-5-3-4-7(17)6-16/h7,17H,2-6,14H2,1H3,(H2,15,18). The highest BCUT2D eigenvalue weighted by Crippen LogP contribution is 2.39. The third-order valence-corrected chi connectivity index (χ3v) is 4.59. The Labute approximate surface area is 126 Å². The van der Waals surface area contributed by atoms with E-state index in [0.717, 1.165) is 24.2 Å². The number of thiophene rings is 1. The molecule has 0 radical (unpaired) electrons. The van der Waals surface area contributed by atoms with Crippen molar-refractivity contribution < 1.29 is 19.4 Å². The van der Waals surface area contributed by atoms with Gasteiger partial charge in [0.05, 0.1) is 18.4 Å². The van der Waals surface area contributed by atoms with Crippen LogP contribution in [-0.4, -0.2) is 42.8 Å². The molecule has 0 aliphatic carbocycles. The van der Waals surface area contributed by atoms with Gasteiger partial charge in [0.2, 0.25) is 0 Å². The number of rotatable bonds is 4. The molecule has 21 heavy (non-hydrogen) atoms. The molecule has 1 saturated heterocycles. The van der Waals surface area contributed by atoms with Crippen molar-refractivity contribution in [2.24, 2.45) is 5.73 Å². The molecule has 2 heterocycles. The maximum absolute atomic E-state index is 12.1. The van der Waals surface area contributed by atoms with E-state index in [4.69, 9.17) is 16.2 Å². The highest BCUT2D eigenvalue weighted by molar-refractivity contribution is 7.19. The first-order valence-corrected chi connectivity index (χ1v) is 7.59. The van der Waals surface area contributed by atoms with Crippen molar-refractivity contribution in [2.75, 3.05) is 30.3 Å². The van der Waals surface area contributed by atoms with Gasteiger partial charge in [-0.2, -0.15) is 0 Å². The molecule has 0 aromatic carbocycles. The molecule has 0 bridgehead atoms. The van der Waals surface area contributed by atoms with E-state index in [2.05, 4.69) is 0 Å². The summed E-state index contributed by atoms with van der Waals surface area (Å²) in [6.07, 6.45) is 1.05. The van der Waals surface area contributed by atoms with Crippen LogP contribution < -0.4 is 16.4 Å². The number of anilines is 2. The fourth-order valence-corrected chi connectivity index (χ4v) is 3.47. The highest BCUT2D eigenvalue weighted by Gasteiger charge is 2.30. The molecule has 1 aliphatic rings. The minimum absolute atomic E-state index is 0.0565. The molecule has 1 amide bonds. The third kappa shape index (κ3) is 3.11. The number of aliphatic hydroxyl groups excluding tert-OH is 1. The Kier molecular flexibility index (Phi) is 4.69. The second kappa shape index (κ2) is 6.31. The van der Waals surface area contributed by atoms with Gasteiger partial charge in [0.25, 0.3) is 5.91 Å². The van der Waals surface area contributed by atoms with Gasteiger partial charge < -0.3 is 26.2 Å². The fraction of sp³-hybridized carbons (Fsp3) is 0.538. The average Bonchev–Trinajstić information content (AvgIpc) is 2.77. The summed E-state index contributed by atoms with van der Waals surface area (Å²) < 4.78 is 5.01. The molecular formula is C13H19N3O4S. The second-order valence-electron chi connectivity index (χ2n) is 4.85. The molecule has 1 aliphatic heterocycles. The number of carbonyl (C=O) groups excluding carboxylic acids is 2. The van der Waals surface area contributed by atoms with Crippen molar-refractivity contribution in [3.63, 3.8) is 0 Å². The molecule has 1 aromatic heterocycles. The molecule has 1 atom stereocenters. The lowest BCUT2D eigenvalue weighted by atomic mass is 10.1. The number of ether oxygens (including phenoxy) is 1. The monoisotopic (exact) mass is 313 g/mol. The molecule has 8 heteroatoms. The van der Waals surface area contributed by atoms with Gasteiger partial charge in [-0.25, -0.2) is 4.79 Å². The van der Waals surface area contributed by atoms with E-state index in [-0.39, 0.29) is 22.7 Å². The SMILES string of the molecule is CCOC(=O)c1c(N2CCCC(O)C2)sc(C(N)=O)c1N. The van der Waals surface area contributed by atoms with Crippen molar-refractivity contribution in [2.45, 2.75) is 25.9 Å². The van der Waals surface area contributed by atoms with E-state index in [0.29, 0.717) is 18.1 Å². The smallest absolute Gasteiger partial charge is 0.343 e. The van der Waals surface area contributed by atoms with Gasteiger partial charge in [0.15, 0.2) is 0 Å². The van der Waals surface area contributed by atoms with Gasteiger partial charge in [0.1, 0.15) is 15.4 Å². The Bertz CT molecular complexity index is 558. The number of aliphatic hydroxyl groups is 1. The lowest BCUT2D eigenvalue weighted by Gasteiger charge is -2.31. The summed E-state index contributed by atoms with van der Waals surface area (Å²) in [4.78, 5) is 25.6. The minimum Gasteiger partial charge on any atom is -0.462 e. The van der Waals surface area contributed by atoms with Crippen molar-refractivity contribution in [3.8, 4) is 0 Å². The van der Waals surface area contributed by atoms with Crippen LogP contribution in [0.4, 0.5) is 10.7 Å². The number of nitrogens with two attached hydrogens (primary N) is 2. The van der Waals surface area contributed by atoms with Gasteiger partial charge in [-0.3, -0.25) is 4.79 Å². The quantitative estimate of drug-likeness (QED) is 0.699. The Morgan fingerprint density at radius 3 is 2.81 bits per heavy atom. The van der Waals surface area contributed by atoms with Crippen LogP contribution in [0.2, 0.25) is 0 Å². The molecule has 0 saturated carbocycles. The average molecular weight is 313 g/mol. The van der Waals surface area contributed by atoms with E-state index < -0.39 is 18.0 Å². The molecule has 116 valence electrons. The summed E-state index contributed by atoms with van der Waals surface area (Å²) in [5, 5.41) is 10.3. The van der Waals surface area contributed by atoms with Crippen LogP contribution in [0, 0.1) is 0 Å². The number of esters is 1. The summed E-state index contributed by atoms with van der Waals surface area (Å²) in [6, 6.07) is 0. The lowest BCUT2D eigenvalue weighted by molar-refractivity contribution is 0.0528. The van der Waals surface area contributed by atoms with Crippen LogP contribution in [0.5, 0.6) is 0 Å². The first-order chi connectivity index (χ1) is 9.95. The van der Waals surface area contributed by atoms with Crippen molar-refractivity contribution in [1.29, 1.82) is 0 Å². The Morgan fingerprint density at radius 1 is 1.52 bits per heavy atom. The van der Waals surface area contributed by atoms with E-state index in [1.807, 2.05) is 4.90 Å². The predicted octanol–water partition coefficient (Wildman–Crippen LogP) is 0.567. The van der Waals surface area contributed by atoms with Gasteiger partial charge in [-0.05, 0) is 19.8 Å². The highest BCUT2D eigenvalue weighted by atomic mass is 32.1. The molecule has 7 nitrogen and oxygen atoms in total. The van der Waals surface area contributed by atoms with Gasteiger partial charge in [0, 0.05) is 13.1 Å².